The van der Waals surface area contributed by atoms with E-state index in [-0.39, 0.29) is 5.56 Å². The highest BCUT2D eigenvalue weighted by atomic mass is 16.4. The van der Waals surface area contributed by atoms with Gasteiger partial charge in [0.25, 0.3) is 0 Å². The molecule has 1 saturated carbocycles. The molecule has 0 radical (unpaired) electrons. The second-order valence-corrected chi connectivity index (χ2v) is 3.99. The fourth-order valence-corrected chi connectivity index (χ4v) is 1.72. The molecule has 82 valence electrons. The van der Waals surface area contributed by atoms with Crippen molar-refractivity contribution in [1.82, 2.24) is 0 Å². The second-order valence-electron chi connectivity index (χ2n) is 3.99. The van der Waals surface area contributed by atoms with E-state index in [1.165, 1.54) is 12.1 Å². The Morgan fingerprint density at radius 1 is 1.56 bits per heavy atom. The third-order valence-electron chi connectivity index (χ3n) is 2.84. The van der Waals surface area contributed by atoms with Gasteiger partial charge in [-0.25, -0.2) is 4.79 Å². The molecule has 1 aromatic rings. The molecule has 1 aromatic carbocycles. The number of hydrogen-bond acceptors (Lipinski definition) is 3. The standard InChI is InChI=1S/C12H12N2O2/c1-14(10-3-4-10)11-5-2-8(12(15)16)6-9(11)7-13/h2,5-6,10H,3-4H2,1H3,(H,15,16). The summed E-state index contributed by atoms with van der Waals surface area (Å²) in [7, 11) is 1.94. The van der Waals surface area contributed by atoms with Crippen molar-refractivity contribution >= 4 is 11.7 Å². The van der Waals surface area contributed by atoms with Crippen LogP contribution in [-0.4, -0.2) is 24.2 Å². The Morgan fingerprint density at radius 2 is 2.25 bits per heavy atom. The molecular weight excluding hydrogens is 204 g/mol. The number of nitriles is 1. The fraction of sp³-hybridized carbons (Fsp3) is 0.333. The van der Waals surface area contributed by atoms with E-state index in [0.717, 1.165) is 18.5 Å². The molecule has 4 heteroatoms. The molecule has 0 heterocycles. The lowest BCUT2D eigenvalue weighted by Gasteiger charge is -2.19. The molecule has 0 unspecified atom stereocenters. The van der Waals surface area contributed by atoms with Gasteiger partial charge in [0.05, 0.1) is 16.8 Å². The molecule has 1 fully saturated rings. The summed E-state index contributed by atoms with van der Waals surface area (Å²) in [5.74, 6) is -1.00. The maximum Gasteiger partial charge on any atom is 0.335 e. The molecule has 16 heavy (non-hydrogen) atoms. The third-order valence-corrected chi connectivity index (χ3v) is 2.84. The SMILES string of the molecule is CN(c1ccc(C(=O)O)cc1C#N)C1CC1. The summed E-state index contributed by atoms with van der Waals surface area (Å²) >= 11 is 0. The maximum atomic E-state index is 10.8. The Labute approximate surface area is 93.7 Å². The molecule has 0 aliphatic heterocycles. The molecule has 0 amide bonds. The lowest BCUT2D eigenvalue weighted by Crippen LogP contribution is -2.20. The molecule has 0 aromatic heterocycles. The van der Waals surface area contributed by atoms with E-state index in [1.807, 2.05) is 18.0 Å². The van der Waals surface area contributed by atoms with Crippen LogP contribution in [0.5, 0.6) is 0 Å². The van der Waals surface area contributed by atoms with Crippen LogP contribution in [-0.2, 0) is 0 Å². The van der Waals surface area contributed by atoms with Crippen molar-refractivity contribution in [1.29, 1.82) is 5.26 Å². The van der Waals surface area contributed by atoms with Gasteiger partial charge in [-0.05, 0) is 31.0 Å². The monoisotopic (exact) mass is 216 g/mol. The van der Waals surface area contributed by atoms with Gasteiger partial charge in [-0.3, -0.25) is 0 Å². The molecule has 0 spiro atoms. The topological polar surface area (TPSA) is 64.3 Å². The number of anilines is 1. The molecular formula is C12H12N2O2. The van der Waals surface area contributed by atoms with Gasteiger partial charge in [0.1, 0.15) is 6.07 Å². The smallest absolute Gasteiger partial charge is 0.335 e. The Hall–Kier alpha value is -2.02. The number of aromatic carboxylic acids is 1. The number of nitrogens with zero attached hydrogens (tertiary/aromatic N) is 2. The molecule has 1 N–H and O–H groups in total. The lowest BCUT2D eigenvalue weighted by atomic mass is 10.1. The summed E-state index contributed by atoms with van der Waals surface area (Å²) in [6.45, 7) is 0. The molecule has 4 nitrogen and oxygen atoms in total. The summed E-state index contributed by atoms with van der Waals surface area (Å²) in [6.07, 6.45) is 2.28. The highest BCUT2D eigenvalue weighted by Crippen LogP contribution is 2.32. The Bertz CT molecular complexity index is 472. The van der Waals surface area contributed by atoms with Crippen LogP contribution in [0.4, 0.5) is 5.69 Å². The molecule has 1 aliphatic rings. The number of carboxylic acids is 1. The molecule has 0 saturated heterocycles. The van der Waals surface area contributed by atoms with Crippen LogP contribution in [0, 0.1) is 11.3 Å². The minimum Gasteiger partial charge on any atom is -0.478 e. The van der Waals surface area contributed by atoms with E-state index in [0.29, 0.717) is 11.6 Å². The van der Waals surface area contributed by atoms with Crippen molar-refractivity contribution in [3.63, 3.8) is 0 Å². The highest BCUT2D eigenvalue weighted by Gasteiger charge is 2.27. The summed E-state index contributed by atoms with van der Waals surface area (Å²) in [5.41, 5.74) is 1.40. The summed E-state index contributed by atoms with van der Waals surface area (Å²) in [5, 5.41) is 17.8. The van der Waals surface area contributed by atoms with Gasteiger partial charge in [-0.1, -0.05) is 0 Å². The Kier molecular flexibility index (Phi) is 2.53. The van der Waals surface area contributed by atoms with Gasteiger partial charge in [-0.15, -0.1) is 0 Å². The lowest BCUT2D eigenvalue weighted by molar-refractivity contribution is 0.0697. The van der Waals surface area contributed by atoms with Crippen LogP contribution < -0.4 is 4.90 Å². The number of carboxylic acid groups (broad SMARTS) is 1. The van der Waals surface area contributed by atoms with E-state index in [4.69, 9.17) is 10.4 Å². The van der Waals surface area contributed by atoms with Crippen LogP contribution in [0.3, 0.4) is 0 Å². The van der Waals surface area contributed by atoms with E-state index >= 15 is 0 Å². The minimum atomic E-state index is -1.00. The minimum absolute atomic E-state index is 0.157. The largest absolute Gasteiger partial charge is 0.478 e. The van der Waals surface area contributed by atoms with E-state index < -0.39 is 5.97 Å². The zero-order valence-corrected chi connectivity index (χ0v) is 8.97. The maximum absolute atomic E-state index is 10.8. The van der Waals surface area contributed by atoms with Crippen molar-refractivity contribution in [2.24, 2.45) is 0 Å². The van der Waals surface area contributed by atoms with Gasteiger partial charge in [-0.2, -0.15) is 5.26 Å². The first-order valence-corrected chi connectivity index (χ1v) is 5.13. The van der Waals surface area contributed by atoms with Gasteiger partial charge in [0.2, 0.25) is 0 Å². The average Bonchev–Trinajstić information content (AvgIpc) is 3.11. The van der Waals surface area contributed by atoms with Crippen molar-refractivity contribution in [2.75, 3.05) is 11.9 Å². The Balaban J connectivity index is 2.38. The summed E-state index contributed by atoms with van der Waals surface area (Å²) < 4.78 is 0. The quantitative estimate of drug-likeness (QED) is 0.837. The number of rotatable bonds is 3. The van der Waals surface area contributed by atoms with Crippen molar-refractivity contribution in [3.8, 4) is 6.07 Å². The van der Waals surface area contributed by atoms with Gasteiger partial charge in [0, 0.05) is 13.1 Å². The first-order valence-electron chi connectivity index (χ1n) is 5.13. The van der Waals surface area contributed by atoms with Gasteiger partial charge < -0.3 is 10.0 Å². The number of carbonyl (C=O) groups is 1. The van der Waals surface area contributed by atoms with Crippen LogP contribution in [0.15, 0.2) is 18.2 Å². The van der Waals surface area contributed by atoms with Crippen molar-refractivity contribution in [3.05, 3.63) is 29.3 Å². The van der Waals surface area contributed by atoms with Crippen LogP contribution in [0.2, 0.25) is 0 Å². The summed E-state index contributed by atoms with van der Waals surface area (Å²) in [6, 6.07) is 7.23. The van der Waals surface area contributed by atoms with Crippen LogP contribution in [0.1, 0.15) is 28.8 Å². The molecule has 0 atom stereocenters. The predicted molar refractivity (Wildman–Crippen MR) is 59.5 cm³/mol. The summed E-state index contributed by atoms with van der Waals surface area (Å²) in [4.78, 5) is 12.8. The van der Waals surface area contributed by atoms with E-state index in [1.54, 1.807) is 6.07 Å². The molecule has 1 aliphatic carbocycles. The fourth-order valence-electron chi connectivity index (χ4n) is 1.72. The second kappa shape index (κ2) is 3.86. The van der Waals surface area contributed by atoms with Gasteiger partial charge in [0.15, 0.2) is 0 Å². The van der Waals surface area contributed by atoms with Crippen LogP contribution in [0.25, 0.3) is 0 Å². The van der Waals surface area contributed by atoms with Gasteiger partial charge >= 0.3 is 5.97 Å². The Morgan fingerprint density at radius 3 is 2.75 bits per heavy atom. The number of benzene rings is 1. The average molecular weight is 216 g/mol. The number of hydrogen-bond donors (Lipinski definition) is 1. The zero-order chi connectivity index (χ0) is 11.7. The van der Waals surface area contributed by atoms with Crippen molar-refractivity contribution in [2.45, 2.75) is 18.9 Å². The third kappa shape index (κ3) is 1.84. The predicted octanol–water partition coefficient (Wildman–Crippen LogP) is 1.86. The molecule has 0 bridgehead atoms. The van der Waals surface area contributed by atoms with E-state index in [9.17, 15) is 4.79 Å². The van der Waals surface area contributed by atoms with Crippen LogP contribution >= 0.6 is 0 Å². The van der Waals surface area contributed by atoms with Crippen molar-refractivity contribution < 1.29 is 9.90 Å². The first-order chi connectivity index (χ1) is 7.63. The normalized spacial score (nSPS) is 14.2. The van der Waals surface area contributed by atoms with E-state index in [2.05, 4.69) is 0 Å². The molecule has 2 rings (SSSR count). The zero-order valence-electron chi connectivity index (χ0n) is 8.97. The highest BCUT2D eigenvalue weighted by molar-refractivity contribution is 5.89. The first kappa shape index (κ1) is 10.5.